The summed E-state index contributed by atoms with van der Waals surface area (Å²) in [5, 5.41) is 7.31. The summed E-state index contributed by atoms with van der Waals surface area (Å²) in [4.78, 5) is 11.5. The van der Waals surface area contributed by atoms with Crippen LogP contribution in [0, 0.1) is 0 Å². The number of benzene rings is 1. The van der Waals surface area contributed by atoms with Crippen molar-refractivity contribution in [3.05, 3.63) is 35.0 Å². The van der Waals surface area contributed by atoms with Gasteiger partial charge in [-0.05, 0) is 38.4 Å². The molecule has 0 radical (unpaired) electrons. The molecule has 1 aromatic carbocycles. The highest BCUT2D eigenvalue weighted by Gasteiger charge is 2.15. The molecule has 0 saturated heterocycles. The molecule has 1 heterocycles. The van der Waals surface area contributed by atoms with E-state index < -0.39 is 11.7 Å². The number of para-hydroxylation sites is 1. The smallest absolute Gasteiger partial charge is 0.407 e. The van der Waals surface area contributed by atoms with E-state index in [0.29, 0.717) is 24.9 Å². The molecule has 2 aromatic rings. The molecule has 2 N–H and O–H groups in total. The number of hydrogen-bond donors (Lipinski definition) is 2. The van der Waals surface area contributed by atoms with E-state index in [-0.39, 0.29) is 0 Å². The van der Waals surface area contributed by atoms with Gasteiger partial charge in [0.2, 0.25) is 0 Å². The van der Waals surface area contributed by atoms with Crippen LogP contribution in [-0.2, 0) is 11.3 Å². The second-order valence-electron chi connectivity index (χ2n) is 5.96. The van der Waals surface area contributed by atoms with Crippen molar-refractivity contribution in [1.82, 2.24) is 10.6 Å². The molecule has 0 aliphatic heterocycles. The average molecular weight is 325 g/mol. The van der Waals surface area contributed by atoms with Crippen LogP contribution in [0.5, 0.6) is 0 Å². The largest absolute Gasteiger partial charge is 0.444 e. The van der Waals surface area contributed by atoms with Crippen molar-refractivity contribution in [2.45, 2.75) is 32.9 Å². The van der Waals surface area contributed by atoms with Gasteiger partial charge in [-0.2, -0.15) is 0 Å². The first-order chi connectivity index (χ1) is 10.4. The molecule has 0 bridgehead atoms. The summed E-state index contributed by atoms with van der Waals surface area (Å²) in [6.07, 6.45) is -0.416. The number of fused-ring (bicyclic) bond motifs is 1. The third-order valence-electron chi connectivity index (χ3n) is 2.92. The summed E-state index contributed by atoms with van der Waals surface area (Å²) in [5.41, 5.74) is 1.21. The fourth-order valence-corrected chi connectivity index (χ4v) is 2.27. The van der Waals surface area contributed by atoms with Gasteiger partial charge in [0.1, 0.15) is 11.2 Å². The van der Waals surface area contributed by atoms with E-state index in [4.69, 9.17) is 20.8 Å². The minimum atomic E-state index is -0.485. The molecule has 0 spiro atoms. The molecule has 0 saturated carbocycles. The molecule has 0 aliphatic rings. The van der Waals surface area contributed by atoms with Crippen LogP contribution in [0.3, 0.4) is 0 Å². The zero-order valence-electron chi connectivity index (χ0n) is 13.0. The first-order valence-corrected chi connectivity index (χ1v) is 7.58. The summed E-state index contributed by atoms with van der Waals surface area (Å²) < 4.78 is 10.6. The maximum atomic E-state index is 11.5. The number of hydrogen-bond acceptors (Lipinski definition) is 4. The SMILES string of the molecule is CC(C)(C)OC(=O)NCCNCc1c(Cl)oc2ccccc12. The zero-order chi connectivity index (χ0) is 16.2. The number of carbonyl (C=O) groups excluding carboxylic acids is 1. The minimum Gasteiger partial charge on any atom is -0.444 e. The number of nitrogens with one attached hydrogen (secondary N) is 2. The van der Waals surface area contributed by atoms with Crippen LogP contribution in [0.1, 0.15) is 26.3 Å². The van der Waals surface area contributed by atoms with Crippen molar-refractivity contribution >= 4 is 28.7 Å². The highest BCUT2D eigenvalue weighted by Crippen LogP contribution is 2.29. The van der Waals surface area contributed by atoms with E-state index in [9.17, 15) is 4.79 Å². The van der Waals surface area contributed by atoms with Gasteiger partial charge in [0, 0.05) is 30.6 Å². The van der Waals surface area contributed by atoms with Crippen molar-refractivity contribution < 1.29 is 13.9 Å². The van der Waals surface area contributed by atoms with E-state index in [1.165, 1.54) is 0 Å². The first-order valence-electron chi connectivity index (χ1n) is 7.20. The third-order valence-corrected chi connectivity index (χ3v) is 3.23. The lowest BCUT2D eigenvalue weighted by atomic mass is 10.2. The van der Waals surface area contributed by atoms with Crippen molar-refractivity contribution in [1.29, 1.82) is 0 Å². The van der Waals surface area contributed by atoms with Crippen LogP contribution < -0.4 is 10.6 Å². The van der Waals surface area contributed by atoms with Gasteiger partial charge in [-0.25, -0.2) is 4.79 Å². The molecule has 0 atom stereocenters. The molecule has 22 heavy (non-hydrogen) atoms. The summed E-state index contributed by atoms with van der Waals surface area (Å²) in [5.74, 6) is 0. The van der Waals surface area contributed by atoms with Crippen molar-refractivity contribution in [2.75, 3.05) is 13.1 Å². The van der Waals surface area contributed by atoms with Crippen molar-refractivity contribution in [3.8, 4) is 0 Å². The first kappa shape index (κ1) is 16.6. The highest BCUT2D eigenvalue weighted by atomic mass is 35.5. The lowest BCUT2D eigenvalue weighted by molar-refractivity contribution is 0.0528. The topological polar surface area (TPSA) is 63.5 Å². The number of carbonyl (C=O) groups is 1. The lowest BCUT2D eigenvalue weighted by Gasteiger charge is -2.19. The number of alkyl carbamates (subject to hydrolysis) is 1. The number of rotatable bonds is 5. The molecule has 0 unspecified atom stereocenters. The van der Waals surface area contributed by atoms with Gasteiger partial charge in [-0.1, -0.05) is 18.2 Å². The number of ether oxygens (including phenoxy) is 1. The Morgan fingerprint density at radius 3 is 2.73 bits per heavy atom. The fraction of sp³-hybridized carbons (Fsp3) is 0.438. The van der Waals surface area contributed by atoms with E-state index in [2.05, 4.69) is 10.6 Å². The van der Waals surface area contributed by atoms with Gasteiger partial charge >= 0.3 is 6.09 Å². The Kier molecular flexibility index (Phi) is 5.32. The highest BCUT2D eigenvalue weighted by molar-refractivity contribution is 6.30. The number of furan rings is 1. The normalized spacial score (nSPS) is 11.6. The van der Waals surface area contributed by atoms with Gasteiger partial charge in [0.15, 0.2) is 5.22 Å². The second kappa shape index (κ2) is 7.03. The van der Waals surface area contributed by atoms with Crippen molar-refractivity contribution in [3.63, 3.8) is 0 Å². The molecular formula is C16H21ClN2O3. The van der Waals surface area contributed by atoms with E-state index in [1.54, 1.807) is 0 Å². The summed E-state index contributed by atoms with van der Waals surface area (Å²) in [6, 6.07) is 7.71. The summed E-state index contributed by atoms with van der Waals surface area (Å²) >= 11 is 6.11. The van der Waals surface area contributed by atoms with Gasteiger partial charge in [-0.15, -0.1) is 0 Å². The van der Waals surface area contributed by atoms with Crippen LogP contribution in [-0.4, -0.2) is 24.8 Å². The molecule has 6 heteroatoms. The third kappa shape index (κ3) is 4.64. The Morgan fingerprint density at radius 1 is 1.27 bits per heavy atom. The molecule has 2 rings (SSSR count). The second-order valence-corrected chi connectivity index (χ2v) is 6.30. The van der Waals surface area contributed by atoms with Gasteiger partial charge < -0.3 is 19.8 Å². The maximum Gasteiger partial charge on any atom is 0.407 e. The van der Waals surface area contributed by atoms with E-state index in [1.807, 2.05) is 45.0 Å². The Morgan fingerprint density at radius 2 is 2.00 bits per heavy atom. The lowest BCUT2D eigenvalue weighted by Crippen LogP contribution is -2.36. The van der Waals surface area contributed by atoms with Crippen LogP contribution in [0.2, 0.25) is 5.22 Å². The standard InChI is InChI=1S/C16H21ClN2O3/c1-16(2,3)22-15(20)19-9-8-18-10-12-11-6-4-5-7-13(11)21-14(12)17/h4-7,18H,8-10H2,1-3H3,(H,19,20). The predicted molar refractivity (Wildman–Crippen MR) is 87.2 cm³/mol. The Bertz CT molecular complexity index is 646. The van der Waals surface area contributed by atoms with Gasteiger partial charge in [0.25, 0.3) is 0 Å². The molecule has 0 fully saturated rings. The van der Waals surface area contributed by atoms with E-state index in [0.717, 1.165) is 16.5 Å². The molecule has 1 aromatic heterocycles. The van der Waals surface area contributed by atoms with Crippen LogP contribution in [0.25, 0.3) is 11.0 Å². The Hall–Kier alpha value is -1.72. The van der Waals surface area contributed by atoms with Gasteiger partial charge in [-0.3, -0.25) is 0 Å². The summed E-state index contributed by atoms with van der Waals surface area (Å²) in [7, 11) is 0. The number of amides is 1. The van der Waals surface area contributed by atoms with E-state index >= 15 is 0 Å². The molecule has 0 aliphatic carbocycles. The van der Waals surface area contributed by atoms with Gasteiger partial charge in [0.05, 0.1) is 0 Å². The monoisotopic (exact) mass is 324 g/mol. The van der Waals surface area contributed by atoms with Crippen molar-refractivity contribution in [2.24, 2.45) is 0 Å². The predicted octanol–water partition coefficient (Wildman–Crippen LogP) is 3.70. The fourth-order valence-electron chi connectivity index (χ4n) is 2.01. The minimum absolute atomic E-state index is 0.397. The molecule has 5 nitrogen and oxygen atoms in total. The summed E-state index contributed by atoms with van der Waals surface area (Å²) in [6.45, 7) is 7.15. The quantitative estimate of drug-likeness (QED) is 0.823. The Labute approximate surface area is 135 Å². The number of halogens is 1. The average Bonchev–Trinajstić information content (AvgIpc) is 2.72. The van der Waals surface area contributed by atoms with Crippen LogP contribution in [0.4, 0.5) is 4.79 Å². The van der Waals surface area contributed by atoms with Crippen LogP contribution in [0.15, 0.2) is 28.7 Å². The Balaban J connectivity index is 1.77. The molecule has 1 amide bonds. The maximum absolute atomic E-state index is 11.5. The van der Waals surface area contributed by atoms with Crippen LogP contribution >= 0.6 is 11.6 Å². The zero-order valence-corrected chi connectivity index (χ0v) is 13.8. The molecule has 120 valence electrons. The molecular weight excluding hydrogens is 304 g/mol.